The Bertz CT molecular complexity index is 729. The van der Waals surface area contributed by atoms with E-state index in [1.165, 1.54) is 36.6 Å². The quantitative estimate of drug-likeness (QED) is 0.422. The maximum absolute atomic E-state index is 11.9. The van der Waals surface area contributed by atoms with Crippen LogP contribution in [0.2, 0.25) is 0 Å². The summed E-state index contributed by atoms with van der Waals surface area (Å²) in [7, 11) is 0. The van der Waals surface area contributed by atoms with Crippen LogP contribution in [0.4, 0.5) is 0 Å². The second-order valence-corrected chi connectivity index (χ2v) is 11.1. The average Bonchev–Trinajstić information content (AvgIpc) is 3.12. The first-order chi connectivity index (χ1) is 15.2. The van der Waals surface area contributed by atoms with Crippen molar-refractivity contribution in [2.24, 2.45) is 28.6 Å². The number of fused-ring (bicyclic) bond motifs is 5. The van der Waals surface area contributed by atoms with Crippen LogP contribution in [0.5, 0.6) is 0 Å². The summed E-state index contributed by atoms with van der Waals surface area (Å²) in [5.41, 5.74) is 1.82. The van der Waals surface area contributed by atoms with E-state index in [0.29, 0.717) is 24.0 Å². The molecule has 3 fully saturated rings. The molecule has 182 valence electrons. The van der Waals surface area contributed by atoms with Gasteiger partial charge in [-0.25, -0.2) is 0 Å². The van der Waals surface area contributed by atoms with Gasteiger partial charge in [0.05, 0.1) is 0 Å². The van der Waals surface area contributed by atoms with E-state index in [1.54, 1.807) is 13.2 Å². The van der Waals surface area contributed by atoms with E-state index >= 15 is 0 Å². The Balaban J connectivity index is 0.000000460. The summed E-state index contributed by atoms with van der Waals surface area (Å²) >= 11 is 1.24. The van der Waals surface area contributed by atoms with Crippen molar-refractivity contribution in [2.45, 2.75) is 105 Å². The average molecular weight is 465 g/mol. The highest BCUT2D eigenvalue weighted by atomic mass is 32.2. The topological polar surface area (TPSA) is 60.4 Å². The zero-order valence-corrected chi connectivity index (χ0v) is 22.1. The van der Waals surface area contributed by atoms with Crippen molar-refractivity contribution >= 4 is 28.6 Å². The van der Waals surface area contributed by atoms with Crippen LogP contribution in [-0.2, 0) is 19.1 Å². The van der Waals surface area contributed by atoms with Gasteiger partial charge < -0.3 is 4.74 Å². The molecule has 0 N–H and O–H groups in total. The number of hydrogen-bond donors (Lipinski definition) is 0. The Morgan fingerprint density at radius 3 is 2.31 bits per heavy atom. The molecule has 5 heteroatoms. The van der Waals surface area contributed by atoms with Crippen molar-refractivity contribution < 1.29 is 19.1 Å². The predicted molar refractivity (Wildman–Crippen MR) is 132 cm³/mol. The van der Waals surface area contributed by atoms with Gasteiger partial charge in [-0.05, 0) is 80.4 Å². The number of hydrogen-bond acceptors (Lipinski definition) is 5. The summed E-state index contributed by atoms with van der Waals surface area (Å²) < 4.78 is 5.86. The molecule has 6 unspecified atom stereocenters. The highest BCUT2D eigenvalue weighted by molar-refractivity contribution is 8.12. The Kier molecular flexibility index (Phi) is 9.63. The molecule has 0 aromatic heterocycles. The number of carbonyl (C=O) groups excluding carboxylic acids is 3. The molecule has 32 heavy (non-hydrogen) atoms. The molecule has 4 rings (SSSR count). The number of ketones is 1. The first-order valence-electron chi connectivity index (χ1n) is 12.6. The van der Waals surface area contributed by atoms with Crippen molar-refractivity contribution in [3.8, 4) is 0 Å². The van der Waals surface area contributed by atoms with Gasteiger partial charge in [0, 0.05) is 25.2 Å². The number of carbonyl (C=O) groups is 3. The van der Waals surface area contributed by atoms with Gasteiger partial charge in [0.15, 0.2) is 10.9 Å². The fourth-order valence-electron chi connectivity index (χ4n) is 6.95. The van der Waals surface area contributed by atoms with Crippen LogP contribution >= 0.6 is 11.8 Å². The molecule has 0 aromatic carbocycles. The smallest absolute Gasteiger partial charge is 0.305 e. The van der Waals surface area contributed by atoms with Gasteiger partial charge in [-0.1, -0.05) is 52.0 Å². The molecule has 0 bridgehead atoms. The van der Waals surface area contributed by atoms with Crippen LogP contribution < -0.4 is 0 Å². The van der Waals surface area contributed by atoms with Gasteiger partial charge >= 0.3 is 5.97 Å². The molecular weight excluding hydrogens is 420 g/mol. The van der Waals surface area contributed by atoms with Crippen molar-refractivity contribution in [1.82, 2.24) is 0 Å². The molecule has 4 aliphatic carbocycles. The number of esters is 1. The maximum atomic E-state index is 11.9. The molecule has 4 aliphatic rings. The molecule has 0 radical (unpaired) electrons. The van der Waals surface area contributed by atoms with E-state index in [4.69, 9.17) is 4.74 Å². The highest BCUT2D eigenvalue weighted by Crippen LogP contribution is 2.65. The van der Waals surface area contributed by atoms with E-state index in [0.717, 1.165) is 38.0 Å². The molecular formula is C27H44O4S. The van der Waals surface area contributed by atoms with Gasteiger partial charge in [-0.3, -0.25) is 14.4 Å². The van der Waals surface area contributed by atoms with Gasteiger partial charge in [-0.2, -0.15) is 0 Å². The molecule has 3 saturated carbocycles. The third kappa shape index (κ3) is 5.34. The molecule has 0 saturated heterocycles. The third-order valence-electron chi connectivity index (χ3n) is 8.72. The van der Waals surface area contributed by atoms with Crippen LogP contribution in [0.3, 0.4) is 0 Å². The fraction of sp³-hybridized carbons (Fsp3) is 0.815. The number of allylic oxidation sites excluding steroid dienone is 1. The minimum atomic E-state index is -0.0411. The van der Waals surface area contributed by atoms with Crippen molar-refractivity contribution in [3.05, 3.63) is 11.6 Å². The summed E-state index contributed by atoms with van der Waals surface area (Å²) in [6.07, 6.45) is 13.0. The summed E-state index contributed by atoms with van der Waals surface area (Å²) in [5.74, 6) is 2.41. The van der Waals surface area contributed by atoms with Gasteiger partial charge in [-0.15, -0.1) is 0 Å². The first kappa shape index (κ1) is 27.1. The lowest BCUT2D eigenvalue weighted by Crippen LogP contribution is -2.51. The molecule has 4 nitrogen and oxygen atoms in total. The van der Waals surface area contributed by atoms with Gasteiger partial charge in [0.25, 0.3) is 0 Å². The lowest BCUT2D eigenvalue weighted by atomic mass is 9.47. The SMILES string of the molecule is CC.CCC(=O)OC1CCC2C3CCC4=CC(=O)CCC4(C)C3CCC12C.CSC(C)=O. The van der Waals surface area contributed by atoms with E-state index < -0.39 is 0 Å². The van der Waals surface area contributed by atoms with Crippen molar-refractivity contribution in [2.75, 3.05) is 6.26 Å². The fourth-order valence-corrected chi connectivity index (χ4v) is 6.95. The summed E-state index contributed by atoms with van der Waals surface area (Å²) in [6.45, 7) is 12.2. The molecule has 6 atom stereocenters. The molecule has 0 spiro atoms. The summed E-state index contributed by atoms with van der Waals surface area (Å²) in [4.78, 5) is 33.6. The molecule has 0 aliphatic heterocycles. The normalized spacial score (nSPS) is 37.2. The van der Waals surface area contributed by atoms with Gasteiger partial charge in [0.1, 0.15) is 6.10 Å². The lowest BCUT2D eigenvalue weighted by Gasteiger charge is -2.57. The predicted octanol–water partition coefficient (Wildman–Crippen LogP) is 6.76. The highest BCUT2D eigenvalue weighted by Gasteiger charge is 2.59. The Hall–Kier alpha value is -1.10. The zero-order chi connectivity index (χ0) is 24.1. The van der Waals surface area contributed by atoms with Crippen molar-refractivity contribution in [3.63, 3.8) is 0 Å². The second kappa shape index (κ2) is 11.4. The maximum Gasteiger partial charge on any atom is 0.305 e. The van der Waals surface area contributed by atoms with Crippen LogP contribution in [0.25, 0.3) is 0 Å². The monoisotopic (exact) mass is 464 g/mol. The van der Waals surface area contributed by atoms with Crippen LogP contribution in [0.1, 0.15) is 99.3 Å². The van der Waals surface area contributed by atoms with E-state index in [2.05, 4.69) is 13.8 Å². The van der Waals surface area contributed by atoms with E-state index in [1.807, 2.05) is 26.8 Å². The largest absolute Gasteiger partial charge is 0.462 e. The van der Waals surface area contributed by atoms with E-state index in [-0.39, 0.29) is 28.0 Å². The Morgan fingerprint density at radius 2 is 1.72 bits per heavy atom. The third-order valence-corrected chi connectivity index (χ3v) is 9.30. The Morgan fingerprint density at radius 1 is 1.06 bits per heavy atom. The van der Waals surface area contributed by atoms with Crippen LogP contribution in [0.15, 0.2) is 11.6 Å². The standard InChI is InChI=1S/C22H32O3.C3H6OS.C2H6/c1-4-20(24)25-19-8-7-17-16-6-5-14-13-15(23)9-11-21(14,2)18(16)10-12-22(17,19)3;1-3(4)5-2;1-2/h13,16-19H,4-12H2,1-3H3;1-2H3;1-2H3. The molecule has 0 aromatic rings. The molecule has 0 heterocycles. The van der Waals surface area contributed by atoms with E-state index in [9.17, 15) is 14.4 Å². The minimum Gasteiger partial charge on any atom is -0.462 e. The number of thioether (sulfide) groups is 1. The first-order valence-corrected chi connectivity index (χ1v) is 13.9. The van der Waals surface area contributed by atoms with Crippen molar-refractivity contribution in [1.29, 1.82) is 0 Å². The molecule has 0 amide bonds. The van der Waals surface area contributed by atoms with Crippen LogP contribution in [0, 0.1) is 28.6 Å². The Labute approximate surface area is 199 Å². The summed E-state index contributed by atoms with van der Waals surface area (Å²) in [5, 5.41) is 0.171. The number of ether oxygens (including phenoxy) is 1. The zero-order valence-electron chi connectivity index (χ0n) is 21.3. The summed E-state index contributed by atoms with van der Waals surface area (Å²) in [6, 6.07) is 0. The van der Waals surface area contributed by atoms with Gasteiger partial charge in [0.2, 0.25) is 0 Å². The lowest BCUT2D eigenvalue weighted by molar-refractivity contribution is -0.159. The second-order valence-electron chi connectivity index (χ2n) is 10.1. The minimum absolute atomic E-state index is 0.0411. The van der Waals surface area contributed by atoms with Crippen LogP contribution in [-0.4, -0.2) is 29.2 Å². The number of rotatable bonds is 2.